The third-order valence-electron chi connectivity index (χ3n) is 9.96. The van der Waals surface area contributed by atoms with Crippen LogP contribution in [0.1, 0.15) is 5.56 Å². The molecule has 0 radical (unpaired) electrons. The molecule has 3 aromatic heterocycles. The first-order chi connectivity index (χ1) is 25.3. The van der Waals surface area contributed by atoms with E-state index in [2.05, 4.69) is 167 Å². The summed E-state index contributed by atoms with van der Waals surface area (Å²) in [5.41, 5.74) is 9.64. The van der Waals surface area contributed by atoms with Crippen LogP contribution < -0.4 is 0 Å². The molecule has 1 N–H and O–H groups in total. The van der Waals surface area contributed by atoms with E-state index in [0.717, 1.165) is 33.3 Å². The van der Waals surface area contributed by atoms with Crippen molar-refractivity contribution in [2.75, 3.05) is 0 Å². The molecule has 0 unspecified atom stereocenters. The van der Waals surface area contributed by atoms with Gasteiger partial charge in [0.05, 0.1) is 27.8 Å². The van der Waals surface area contributed by atoms with Crippen molar-refractivity contribution in [2.24, 2.45) is 4.99 Å². The Kier molecular flexibility index (Phi) is 6.79. The SMILES string of the molecule is N=C/C=C(\N=C\n1c2ccccc2c2cc(-c3cccc4c3sc3ccccc34)ccc21)c1cccc(-n2c3ccccc3c3ccccc32)c1. The average Bonchev–Trinajstić information content (AvgIpc) is 3.84. The van der Waals surface area contributed by atoms with E-state index in [1.807, 2.05) is 17.7 Å². The molecular weight excluding hydrogens is 641 g/mol. The predicted octanol–water partition coefficient (Wildman–Crippen LogP) is 12.5. The molecule has 240 valence electrons. The second kappa shape index (κ2) is 11.8. The van der Waals surface area contributed by atoms with Crippen molar-refractivity contribution >= 4 is 93.4 Å². The van der Waals surface area contributed by atoms with Crippen LogP contribution in [-0.2, 0) is 0 Å². The van der Waals surface area contributed by atoms with Crippen LogP contribution in [0.4, 0.5) is 0 Å². The number of nitrogens with one attached hydrogen (secondary N) is 1. The molecule has 7 aromatic carbocycles. The van der Waals surface area contributed by atoms with E-state index in [0.29, 0.717) is 5.70 Å². The summed E-state index contributed by atoms with van der Waals surface area (Å²) in [6, 6.07) is 56.1. The number of thiophene rings is 1. The van der Waals surface area contributed by atoms with Crippen LogP contribution in [0.3, 0.4) is 0 Å². The topological polar surface area (TPSA) is 46.1 Å². The third-order valence-corrected chi connectivity index (χ3v) is 11.2. The molecule has 0 aliphatic carbocycles. The highest BCUT2D eigenvalue weighted by atomic mass is 32.1. The average molecular weight is 671 g/mol. The van der Waals surface area contributed by atoms with E-state index in [1.165, 1.54) is 59.1 Å². The number of aliphatic imine (C=N–C) groups is 1. The maximum atomic E-state index is 8.02. The van der Waals surface area contributed by atoms with Gasteiger partial charge >= 0.3 is 0 Å². The summed E-state index contributed by atoms with van der Waals surface area (Å²) in [6.07, 6.45) is 4.98. The number of fused-ring (bicyclic) bond motifs is 9. The van der Waals surface area contributed by atoms with E-state index < -0.39 is 0 Å². The van der Waals surface area contributed by atoms with Crippen LogP contribution in [0.25, 0.3) is 86.3 Å². The van der Waals surface area contributed by atoms with Gasteiger partial charge in [-0.15, -0.1) is 11.3 Å². The molecule has 0 amide bonds. The molecular formula is C46H30N4S. The van der Waals surface area contributed by atoms with Gasteiger partial charge in [-0.3, -0.25) is 4.57 Å². The van der Waals surface area contributed by atoms with Crippen molar-refractivity contribution in [3.8, 4) is 16.8 Å². The fourth-order valence-electron chi connectivity index (χ4n) is 7.69. The predicted molar refractivity (Wildman–Crippen MR) is 219 cm³/mol. The number of benzene rings is 7. The molecule has 0 saturated heterocycles. The van der Waals surface area contributed by atoms with Crippen molar-refractivity contribution in [1.29, 1.82) is 5.41 Å². The lowest BCUT2D eigenvalue weighted by atomic mass is 10.0. The summed E-state index contributed by atoms with van der Waals surface area (Å²) in [6.45, 7) is 0. The molecule has 0 saturated carbocycles. The Balaban J connectivity index is 1.08. The van der Waals surface area contributed by atoms with Crippen molar-refractivity contribution < 1.29 is 0 Å². The third kappa shape index (κ3) is 4.67. The molecule has 51 heavy (non-hydrogen) atoms. The summed E-state index contributed by atoms with van der Waals surface area (Å²) >= 11 is 1.86. The Morgan fingerprint density at radius 2 is 1.18 bits per heavy atom. The van der Waals surface area contributed by atoms with Gasteiger partial charge in [0.15, 0.2) is 0 Å². The van der Waals surface area contributed by atoms with Crippen molar-refractivity contribution in [3.63, 3.8) is 0 Å². The van der Waals surface area contributed by atoms with Gasteiger partial charge in [0.2, 0.25) is 0 Å². The molecule has 10 rings (SSSR count). The summed E-state index contributed by atoms with van der Waals surface area (Å²) in [5.74, 6) is 0. The van der Waals surface area contributed by atoms with Gasteiger partial charge in [0.25, 0.3) is 0 Å². The van der Waals surface area contributed by atoms with E-state index in [1.54, 1.807) is 6.08 Å². The van der Waals surface area contributed by atoms with Gasteiger partial charge in [-0.05, 0) is 65.7 Å². The highest BCUT2D eigenvalue weighted by Crippen LogP contribution is 2.41. The molecule has 3 heterocycles. The van der Waals surface area contributed by atoms with Crippen LogP contribution in [0.2, 0.25) is 0 Å². The molecule has 0 bridgehead atoms. The summed E-state index contributed by atoms with van der Waals surface area (Å²) < 4.78 is 7.10. The first kappa shape index (κ1) is 29.4. The van der Waals surface area contributed by atoms with E-state index in [4.69, 9.17) is 10.4 Å². The molecule has 5 heteroatoms. The highest BCUT2D eigenvalue weighted by molar-refractivity contribution is 7.26. The number of rotatable bonds is 6. The molecule has 0 fully saturated rings. The van der Waals surface area contributed by atoms with Gasteiger partial charge < -0.3 is 9.98 Å². The van der Waals surface area contributed by atoms with Crippen LogP contribution in [0.15, 0.2) is 169 Å². The zero-order valence-corrected chi connectivity index (χ0v) is 28.3. The number of allylic oxidation sites excluding steroid dienone is 1. The minimum Gasteiger partial charge on any atom is -0.309 e. The number of aromatic nitrogens is 2. The lowest BCUT2D eigenvalue weighted by molar-refractivity contribution is 1.18. The Labute approximate surface area is 298 Å². The quantitative estimate of drug-likeness (QED) is 0.135. The number of nitrogens with zero attached hydrogens (tertiary/aromatic N) is 3. The van der Waals surface area contributed by atoms with Gasteiger partial charge in [-0.1, -0.05) is 109 Å². The smallest absolute Gasteiger partial charge is 0.100 e. The second-order valence-corrected chi connectivity index (χ2v) is 13.8. The van der Waals surface area contributed by atoms with Gasteiger partial charge in [0, 0.05) is 59.2 Å². The Hall–Kier alpha value is -6.56. The molecule has 4 nitrogen and oxygen atoms in total. The minimum atomic E-state index is 0.714. The first-order valence-electron chi connectivity index (χ1n) is 17.0. The lowest BCUT2D eigenvalue weighted by Gasteiger charge is -2.10. The summed E-state index contributed by atoms with van der Waals surface area (Å²) in [4.78, 5) is 5.06. The van der Waals surface area contributed by atoms with Crippen molar-refractivity contribution in [3.05, 3.63) is 169 Å². The van der Waals surface area contributed by atoms with Crippen molar-refractivity contribution in [1.82, 2.24) is 9.13 Å². The Bertz CT molecular complexity index is 3010. The zero-order valence-electron chi connectivity index (χ0n) is 27.5. The van der Waals surface area contributed by atoms with Crippen LogP contribution in [0.5, 0.6) is 0 Å². The van der Waals surface area contributed by atoms with Crippen LogP contribution in [-0.4, -0.2) is 21.7 Å². The van der Waals surface area contributed by atoms with Gasteiger partial charge in [-0.2, -0.15) is 0 Å². The number of hydrogen-bond donors (Lipinski definition) is 1. The second-order valence-electron chi connectivity index (χ2n) is 12.8. The van der Waals surface area contributed by atoms with Gasteiger partial charge in [-0.25, -0.2) is 4.99 Å². The first-order valence-corrected chi connectivity index (χ1v) is 17.9. The van der Waals surface area contributed by atoms with Crippen LogP contribution >= 0.6 is 11.3 Å². The standard InChI is InChI=1S/C46H30N4S/c47-26-25-40(31-11-9-12-32(27-31)50-43-20-6-2-13-34(43)35-14-3-7-21-44(35)50)48-29-49-41-19-5-1-15-36(41)39-28-30(23-24-42(39)49)33-17-10-18-38-37-16-4-8-22-45(37)51-46(33)38/h1-29,47H/b40-25-,47-26?,48-29+. The molecule has 0 aliphatic rings. The fraction of sp³-hybridized carbons (Fsp3) is 0. The summed E-state index contributed by atoms with van der Waals surface area (Å²) in [5, 5.41) is 15.4. The molecule has 0 aliphatic heterocycles. The largest absolute Gasteiger partial charge is 0.309 e. The highest BCUT2D eigenvalue weighted by Gasteiger charge is 2.15. The van der Waals surface area contributed by atoms with E-state index >= 15 is 0 Å². The van der Waals surface area contributed by atoms with E-state index in [-0.39, 0.29) is 0 Å². The maximum absolute atomic E-state index is 8.02. The maximum Gasteiger partial charge on any atom is 0.100 e. The minimum absolute atomic E-state index is 0.714. The van der Waals surface area contributed by atoms with Crippen LogP contribution in [0, 0.1) is 5.41 Å². The molecule has 0 atom stereocenters. The summed E-state index contributed by atoms with van der Waals surface area (Å²) in [7, 11) is 0. The fourth-order valence-corrected chi connectivity index (χ4v) is 8.93. The number of hydrogen-bond acceptors (Lipinski definition) is 3. The molecule has 10 aromatic rings. The van der Waals surface area contributed by atoms with Crippen molar-refractivity contribution in [2.45, 2.75) is 0 Å². The Morgan fingerprint density at radius 1 is 0.549 bits per heavy atom. The van der Waals surface area contributed by atoms with E-state index in [9.17, 15) is 0 Å². The Morgan fingerprint density at radius 3 is 1.94 bits per heavy atom. The zero-order chi connectivity index (χ0) is 33.9. The normalized spacial score (nSPS) is 12.4. The number of para-hydroxylation sites is 3. The lowest BCUT2D eigenvalue weighted by Crippen LogP contribution is -1.97. The molecule has 0 spiro atoms. The monoisotopic (exact) mass is 670 g/mol. The van der Waals surface area contributed by atoms with Gasteiger partial charge in [0.1, 0.15) is 6.34 Å².